The first-order chi connectivity index (χ1) is 15.9. The zero-order chi connectivity index (χ0) is 24.9. The molecule has 2 saturated carbocycles. The third-order valence-corrected chi connectivity index (χ3v) is 5.86. The smallest absolute Gasteiger partial charge is 0.368 e. The highest BCUT2D eigenvalue weighted by atomic mass is 19.4. The average Bonchev–Trinajstić information content (AvgIpc) is 2.73. The molecule has 0 spiro atoms. The number of ether oxygens (including phenoxy) is 2. The van der Waals surface area contributed by atoms with Crippen molar-refractivity contribution < 1.29 is 45.4 Å². The van der Waals surface area contributed by atoms with Crippen LogP contribution < -0.4 is 10.6 Å². The van der Waals surface area contributed by atoms with Crippen LogP contribution in [0.5, 0.6) is 0 Å². The summed E-state index contributed by atoms with van der Waals surface area (Å²) in [5, 5.41) is 5.47. The fourth-order valence-corrected chi connectivity index (χ4v) is 3.92. The Morgan fingerprint density at radius 1 is 1.00 bits per heavy atom. The molecule has 0 radical (unpaired) electrons. The van der Waals surface area contributed by atoms with Crippen LogP contribution in [0.4, 0.5) is 26.3 Å². The lowest BCUT2D eigenvalue weighted by Gasteiger charge is -2.35. The van der Waals surface area contributed by atoms with E-state index in [-0.39, 0.29) is 49.8 Å². The maximum absolute atomic E-state index is 12.6. The molecule has 0 unspecified atom stereocenters. The number of hydrogen-bond acceptors (Lipinski definition) is 5. The molecular weight excluding hydrogens is 472 g/mol. The number of nitrogens with one attached hydrogen (secondary N) is 2. The Morgan fingerprint density at radius 3 is 2.24 bits per heavy atom. The largest absolute Gasteiger partial charge is 0.522 e. The molecule has 0 saturated heterocycles. The number of amides is 2. The zero-order valence-corrected chi connectivity index (χ0v) is 18.0. The van der Waals surface area contributed by atoms with Gasteiger partial charge in [-0.05, 0) is 37.8 Å². The minimum Gasteiger partial charge on any atom is -0.368 e. The van der Waals surface area contributed by atoms with E-state index >= 15 is 0 Å². The van der Waals surface area contributed by atoms with Crippen LogP contribution in [0.3, 0.4) is 0 Å². The molecular formula is C21H25F6N3O4. The van der Waals surface area contributed by atoms with E-state index < -0.39 is 30.3 Å². The molecule has 2 amide bonds. The number of halogens is 6. The van der Waals surface area contributed by atoms with E-state index in [1.54, 1.807) is 0 Å². The molecule has 13 heteroatoms. The minimum atomic E-state index is -4.68. The number of hydrogen-bond donors (Lipinski definition) is 2. The van der Waals surface area contributed by atoms with Crippen LogP contribution in [0.1, 0.15) is 49.8 Å². The van der Waals surface area contributed by atoms with Gasteiger partial charge in [-0.25, -0.2) is 0 Å². The summed E-state index contributed by atoms with van der Waals surface area (Å²) in [6.45, 7) is -0.245. The second kappa shape index (κ2) is 10.9. The van der Waals surface area contributed by atoms with E-state index in [1.807, 2.05) is 0 Å². The minimum absolute atomic E-state index is 0.0149. The van der Waals surface area contributed by atoms with E-state index in [2.05, 4.69) is 20.4 Å². The predicted molar refractivity (Wildman–Crippen MR) is 105 cm³/mol. The fourth-order valence-electron chi connectivity index (χ4n) is 3.92. The van der Waals surface area contributed by atoms with E-state index in [4.69, 9.17) is 4.74 Å². The average molecular weight is 497 g/mol. The van der Waals surface area contributed by atoms with Gasteiger partial charge in [-0.2, -0.15) is 13.2 Å². The number of aromatic nitrogens is 1. The molecule has 190 valence electrons. The first kappa shape index (κ1) is 26.2. The summed E-state index contributed by atoms with van der Waals surface area (Å²) in [5.74, 6) is -0.878. The quantitative estimate of drug-likeness (QED) is 0.537. The standard InChI is InChI=1S/C21H25F6N3O4/c22-20(23,24)13-3-6-15(28-9-13)10-29-19(32)12-1-4-14(5-2-12)30-18(31)11-33-16-7-17(8-16)34-21(25,26)27/h3,6,9,12,14,16-17H,1-2,4-5,7-8,10-11H2,(H,29,32)(H,30,31). The molecule has 1 heterocycles. The topological polar surface area (TPSA) is 89.5 Å². The molecule has 2 N–H and O–H groups in total. The van der Waals surface area contributed by atoms with Crippen molar-refractivity contribution in [1.29, 1.82) is 0 Å². The Kier molecular flexibility index (Phi) is 8.39. The molecule has 0 aliphatic heterocycles. The van der Waals surface area contributed by atoms with Gasteiger partial charge in [-0.3, -0.25) is 19.3 Å². The van der Waals surface area contributed by atoms with Crippen molar-refractivity contribution >= 4 is 11.8 Å². The molecule has 7 nitrogen and oxygen atoms in total. The molecule has 1 aromatic rings. The fraction of sp³-hybridized carbons (Fsp3) is 0.667. The molecule has 3 rings (SSSR count). The lowest BCUT2D eigenvalue weighted by atomic mass is 9.85. The normalized spacial score (nSPS) is 25.4. The summed E-state index contributed by atoms with van der Waals surface area (Å²) >= 11 is 0. The second-order valence-electron chi connectivity index (χ2n) is 8.46. The van der Waals surface area contributed by atoms with Crippen LogP contribution in [0.15, 0.2) is 18.3 Å². The zero-order valence-electron chi connectivity index (χ0n) is 18.0. The Bertz CT molecular complexity index is 832. The monoisotopic (exact) mass is 497 g/mol. The molecule has 2 aliphatic carbocycles. The molecule has 0 bridgehead atoms. The van der Waals surface area contributed by atoms with Gasteiger partial charge in [0.1, 0.15) is 6.61 Å². The SMILES string of the molecule is O=C(COC1CC(OC(F)(F)F)C1)NC1CCC(C(=O)NCc2ccc(C(F)(F)F)cn2)CC1. The number of alkyl halides is 6. The van der Waals surface area contributed by atoms with Crippen molar-refractivity contribution in [3.05, 3.63) is 29.6 Å². The third kappa shape index (κ3) is 8.12. The number of rotatable bonds is 8. The lowest BCUT2D eigenvalue weighted by molar-refractivity contribution is -0.357. The van der Waals surface area contributed by atoms with Gasteiger partial charge in [0.05, 0.1) is 30.0 Å². The molecule has 0 atom stereocenters. The van der Waals surface area contributed by atoms with Crippen molar-refractivity contribution in [3.63, 3.8) is 0 Å². The molecule has 1 aromatic heterocycles. The second-order valence-corrected chi connectivity index (χ2v) is 8.46. The highest BCUT2D eigenvalue weighted by Gasteiger charge is 2.40. The summed E-state index contributed by atoms with van der Waals surface area (Å²) in [5.41, 5.74) is -0.550. The van der Waals surface area contributed by atoms with E-state index in [1.165, 1.54) is 6.07 Å². The van der Waals surface area contributed by atoms with Gasteiger partial charge in [0.15, 0.2) is 0 Å². The maximum Gasteiger partial charge on any atom is 0.522 e. The molecule has 0 aromatic carbocycles. The van der Waals surface area contributed by atoms with Gasteiger partial charge >= 0.3 is 12.5 Å². The van der Waals surface area contributed by atoms with Gasteiger partial charge in [0.2, 0.25) is 11.8 Å². The lowest BCUT2D eigenvalue weighted by Crippen LogP contribution is -2.44. The number of pyridine rings is 1. The van der Waals surface area contributed by atoms with Crippen molar-refractivity contribution in [2.75, 3.05) is 6.61 Å². The van der Waals surface area contributed by atoms with Crippen molar-refractivity contribution in [3.8, 4) is 0 Å². The first-order valence-electron chi connectivity index (χ1n) is 10.8. The molecule has 2 fully saturated rings. The van der Waals surface area contributed by atoms with E-state index in [0.29, 0.717) is 31.4 Å². The number of nitrogens with zero attached hydrogens (tertiary/aromatic N) is 1. The van der Waals surface area contributed by atoms with Crippen LogP contribution in [-0.2, 0) is 31.8 Å². The molecule has 2 aliphatic rings. The van der Waals surface area contributed by atoms with Crippen molar-refractivity contribution in [2.24, 2.45) is 5.92 Å². The van der Waals surface area contributed by atoms with Crippen LogP contribution >= 0.6 is 0 Å². The Morgan fingerprint density at radius 2 is 1.68 bits per heavy atom. The Balaban J connectivity index is 1.29. The summed E-state index contributed by atoms with van der Waals surface area (Å²) in [7, 11) is 0. The Labute approximate surface area is 191 Å². The van der Waals surface area contributed by atoms with Crippen LogP contribution in [-0.4, -0.2) is 48.0 Å². The van der Waals surface area contributed by atoms with Gasteiger partial charge in [-0.15, -0.1) is 13.2 Å². The van der Waals surface area contributed by atoms with Gasteiger partial charge in [0.25, 0.3) is 0 Å². The van der Waals surface area contributed by atoms with Crippen molar-refractivity contribution in [1.82, 2.24) is 15.6 Å². The van der Waals surface area contributed by atoms with Gasteiger partial charge < -0.3 is 15.4 Å². The summed E-state index contributed by atoms with van der Waals surface area (Å²) < 4.78 is 83.1. The van der Waals surface area contributed by atoms with Gasteiger partial charge in [-0.1, -0.05) is 0 Å². The van der Waals surface area contributed by atoms with Crippen LogP contribution in [0.2, 0.25) is 0 Å². The third-order valence-electron chi connectivity index (χ3n) is 5.86. The number of carbonyl (C=O) groups is 2. The highest BCUT2D eigenvalue weighted by molar-refractivity contribution is 5.79. The van der Waals surface area contributed by atoms with Crippen LogP contribution in [0, 0.1) is 5.92 Å². The maximum atomic E-state index is 12.6. The molecule has 34 heavy (non-hydrogen) atoms. The van der Waals surface area contributed by atoms with Crippen molar-refractivity contribution in [2.45, 2.75) is 75.9 Å². The van der Waals surface area contributed by atoms with Gasteiger partial charge in [0, 0.05) is 31.0 Å². The highest BCUT2D eigenvalue weighted by Crippen LogP contribution is 2.32. The van der Waals surface area contributed by atoms with E-state index in [0.717, 1.165) is 12.3 Å². The Hall–Kier alpha value is -2.41. The summed E-state index contributed by atoms with van der Waals surface area (Å²) in [6.07, 6.45) is -7.48. The first-order valence-corrected chi connectivity index (χ1v) is 10.8. The summed E-state index contributed by atoms with van der Waals surface area (Å²) in [6, 6.07) is 1.98. The predicted octanol–water partition coefficient (Wildman–Crippen LogP) is 3.48. The van der Waals surface area contributed by atoms with Crippen LogP contribution in [0.25, 0.3) is 0 Å². The van der Waals surface area contributed by atoms with E-state index in [9.17, 15) is 35.9 Å². The summed E-state index contributed by atoms with van der Waals surface area (Å²) in [4.78, 5) is 28.1. The number of carbonyl (C=O) groups excluding carboxylic acids is 2.